The minimum absolute atomic E-state index is 0.176. The van der Waals surface area contributed by atoms with E-state index in [-0.39, 0.29) is 16.6 Å². The molecule has 0 saturated carbocycles. The Kier molecular flexibility index (Phi) is 7.16. The molecule has 0 aliphatic carbocycles. The first-order chi connectivity index (χ1) is 15.3. The van der Waals surface area contributed by atoms with Crippen molar-refractivity contribution in [1.82, 2.24) is 4.90 Å². The van der Waals surface area contributed by atoms with E-state index in [0.29, 0.717) is 22.7 Å². The van der Waals surface area contributed by atoms with E-state index in [1.54, 1.807) is 36.4 Å². The first kappa shape index (κ1) is 22.9. The van der Waals surface area contributed by atoms with Crippen LogP contribution in [0.5, 0.6) is 17.2 Å². The molecule has 3 rings (SSSR count). The van der Waals surface area contributed by atoms with Gasteiger partial charge < -0.3 is 19.5 Å². The molecule has 2 aromatic rings. The zero-order valence-electron chi connectivity index (χ0n) is 17.5. The molecule has 10 heteroatoms. The second-order valence-corrected chi connectivity index (χ2v) is 7.56. The van der Waals surface area contributed by atoms with Gasteiger partial charge in [0.05, 0.1) is 19.1 Å². The lowest BCUT2D eigenvalue weighted by Crippen LogP contribution is -2.35. The summed E-state index contributed by atoms with van der Waals surface area (Å²) in [6, 6.07) is 11.2. The molecule has 3 amide bonds. The molecule has 1 N–H and O–H groups in total. The van der Waals surface area contributed by atoms with Crippen LogP contribution in [0.1, 0.15) is 12.5 Å². The minimum Gasteiger partial charge on any atom is -0.493 e. The number of hydrogen-bond acceptors (Lipinski definition) is 8. The van der Waals surface area contributed by atoms with Gasteiger partial charge in [0, 0.05) is 12.6 Å². The monoisotopic (exact) mass is 456 g/mol. The van der Waals surface area contributed by atoms with Crippen LogP contribution in [0, 0.1) is 0 Å². The Bertz CT molecular complexity index is 1100. The first-order valence-electron chi connectivity index (χ1n) is 9.36. The second kappa shape index (κ2) is 10.0. The number of nitrogens with zero attached hydrogens (tertiary/aromatic N) is 1. The van der Waals surface area contributed by atoms with Crippen LogP contribution >= 0.6 is 11.8 Å². The standard InChI is InChI=1S/C22H20N2O7S/c1-13(25)23-15-5-7-16(8-6-15)31-20(26)12-24-21(27)19(32-22(24)28)11-14-4-9-17(29-2)18(10-14)30-3/h4-11H,12H2,1-3H3,(H,23,25). The van der Waals surface area contributed by atoms with Gasteiger partial charge in [0.1, 0.15) is 12.3 Å². The van der Waals surface area contributed by atoms with Crippen molar-refractivity contribution in [2.75, 3.05) is 26.1 Å². The maximum atomic E-state index is 12.6. The fourth-order valence-electron chi connectivity index (χ4n) is 2.83. The fraction of sp³-hybridized carbons (Fsp3) is 0.182. The van der Waals surface area contributed by atoms with Crippen LogP contribution in [0.2, 0.25) is 0 Å². The Morgan fingerprint density at radius 1 is 1.03 bits per heavy atom. The van der Waals surface area contributed by atoms with Crippen LogP contribution in [-0.4, -0.2) is 48.7 Å². The number of methoxy groups -OCH3 is 2. The predicted molar refractivity (Wildman–Crippen MR) is 119 cm³/mol. The molecule has 0 radical (unpaired) electrons. The topological polar surface area (TPSA) is 111 Å². The molecular weight excluding hydrogens is 436 g/mol. The lowest BCUT2D eigenvalue weighted by atomic mass is 10.2. The number of hydrogen-bond donors (Lipinski definition) is 1. The third-order valence-electron chi connectivity index (χ3n) is 4.27. The van der Waals surface area contributed by atoms with E-state index in [0.717, 1.165) is 16.7 Å². The number of rotatable bonds is 7. The number of carbonyl (C=O) groups is 4. The van der Waals surface area contributed by atoms with E-state index in [4.69, 9.17) is 14.2 Å². The van der Waals surface area contributed by atoms with Crippen LogP contribution in [0.25, 0.3) is 6.08 Å². The smallest absolute Gasteiger partial charge is 0.331 e. The average Bonchev–Trinajstić information content (AvgIpc) is 3.02. The van der Waals surface area contributed by atoms with Gasteiger partial charge in [-0.2, -0.15) is 0 Å². The van der Waals surface area contributed by atoms with Crippen molar-refractivity contribution in [3.05, 3.63) is 52.9 Å². The third-order valence-corrected chi connectivity index (χ3v) is 5.18. The summed E-state index contributed by atoms with van der Waals surface area (Å²) in [7, 11) is 3.01. The molecule has 1 aliphatic rings. The zero-order valence-corrected chi connectivity index (χ0v) is 18.4. The van der Waals surface area contributed by atoms with Crippen LogP contribution in [0.4, 0.5) is 10.5 Å². The molecule has 1 saturated heterocycles. The van der Waals surface area contributed by atoms with Gasteiger partial charge in [-0.05, 0) is 59.8 Å². The van der Waals surface area contributed by atoms with Crippen molar-refractivity contribution < 1.29 is 33.4 Å². The number of ether oxygens (including phenoxy) is 3. The van der Waals surface area contributed by atoms with Gasteiger partial charge in [-0.25, -0.2) is 4.79 Å². The third kappa shape index (κ3) is 5.46. The molecule has 0 spiro atoms. The molecule has 1 heterocycles. The number of esters is 1. The highest BCUT2D eigenvalue weighted by Crippen LogP contribution is 2.34. The van der Waals surface area contributed by atoms with Gasteiger partial charge in [0.25, 0.3) is 11.1 Å². The number of carbonyl (C=O) groups excluding carboxylic acids is 4. The molecule has 1 fully saturated rings. The number of anilines is 1. The summed E-state index contributed by atoms with van der Waals surface area (Å²) in [5, 5.41) is 2.02. The number of imide groups is 1. The van der Waals surface area contributed by atoms with Gasteiger partial charge in [-0.15, -0.1) is 0 Å². The van der Waals surface area contributed by atoms with E-state index < -0.39 is 23.7 Å². The quantitative estimate of drug-likeness (QED) is 0.384. The van der Waals surface area contributed by atoms with E-state index >= 15 is 0 Å². The molecule has 9 nitrogen and oxygen atoms in total. The van der Waals surface area contributed by atoms with Gasteiger partial charge in [0.15, 0.2) is 11.5 Å². The van der Waals surface area contributed by atoms with E-state index in [1.165, 1.54) is 33.3 Å². The Morgan fingerprint density at radius 3 is 2.34 bits per heavy atom. The van der Waals surface area contributed by atoms with Crippen molar-refractivity contribution >= 4 is 46.5 Å². The molecule has 0 aromatic heterocycles. The largest absolute Gasteiger partial charge is 0.493 e. The molecule has 32 heavy (non-hydrogen) atoms. The van der Waals surface area contributed by atoms with Crippen molar-refractivity contribution in [3.8, 4) is 17.2 Å². The Labute approximate surface area is 188 Å². The normalized spacial score (nSPS) is 14.5. The Morgan fingerprint density at radius 2 is 1.72 bits per heavy atom. The van der Waals surface area contributed by atoms with Crippen molar-refractivity contribution in [1.29, 1.82) is 0 Å². The number of amides is 3. The summed E-state index contributed by atoms with van der Waals surface area (Å²) in [6.07, 6.45) is 1.54. The molecule has 2 aromatic carbocycles. The first-order valence-corrected chi connectivity index (χ1v) is 10.2. The highest BCUT2D eigenvalue weighted by Gasteiger charge is 2.36. The van der Waals surface area contributed by atoms with E-state index in [9.17, 15) is 19.2 Å². The summed E-state index contributed by atoms with van der Waals surface area (Å²) in [4.78, 5) is 49.2. The van der Waals surface area contributed by atoms with Crippen LogP contribution in [0.15, 0.2) is 47.4 Å². The number of benzene rings is 2. The summed E-state index contributed by atoms with van der Waals surface area (Å²) >= 11 is 0.734. The SMILES string of the molecule is COc1ccc(C=C2SC(=O)N(CC(=O)Oc3ccc(NC(C)=O)cc3)C2=O)cc1OC. The molecule has 1 aliphatic heterocycles. The highest BCUT2D eigenvalue weighted by molar-refractivity contribution is 8.18. The molecule has 0 atom stereocenters. The van der Waals surface area contributed by atoms with Crippen LogP contribution in [0.3, 0.4) is 0 Å². The maximum absolute atomic E-state index is 12.6. The van der Waals surface area contributed by atoms with Crippen molar-refractivity contribution in [3.63, 3.8) is 0 Å². The fourth-order valence-corrected chi connectivity index (χ4v) is 3.67. The van der Waals surface area contributed by atoms with Gasteiger partial charge >= 0.3 is 5.97 Å². The predicted octanol–water partition coefficient (Wildman–Crippen LogP) is 3.30. The minimum atomic E-state index is -0.771. The van der Waals surface area contributed by atoms with Crippen LogP contribution < -0.4 is 19.5 Å². The molecule has 0 bridgehead atoms. The van der Waals surface area contributed by atoms with E-state index in [1.807, 2.05) is 0 Å². The van der Waals surface area contributed by atoms with Gasteiger partial charge in [-0.3, -0.25) is 19.3 Å². The molecule has 0 unspecified atom stereocenters. The Hall–Kier alpha value is -3.79. The lowest BCUT2D eigenvalue weighted by molar-refractivity contribution is -0.138. The number of thioether (sulfide) groups is 1. The summed E-state index contributed by atoms with van der Waals surface area (Å²) in [5.74, 6) is -0.356. The summed E-state index contributed by atoms with van der Waals surface area (Å²) in [5.41, 5.74) is 1.18. The lowest BCUT2D eigenvalue weighted by Gasteiger charge is -2.12. The van der Waals surface area contributed by atoms with Crippen molar-refractivity contribution in [2.24, 2.45) is 0 Å². The summed E-state index contributed by atoms with van der Waals surface area (Å²) < 4.78 is 15.6. The highest BCUT2D eigenvalue weighted by atomic mass is 32.2. The van der Waals surface area contributed by atoms with Crippen molar-refractivity contribution in [2.45, 2.75) is 6.92 Å². The molecular formula is C22H20N2O7S. The van der Waals surface area contributed by atoms with E-state index in [2.05, 4.69) is 5.32 Å². The average molecular weight is 456 g/mol. The van der Waals surface area contributed by atoms with Gasteiger partial charge in [0.2, 0.25) is 5.91 Å². The maximum Gasteiger partial charge on any atom is 0.331 e. The second-order valence-electron chi connectivity index (χ2n) is 6.56. The Balaban J connectivity index is 1.66. The number of nitrogens with one attached hydrogen (secondary N) is 1. The summed E-state index contributed by atoms with van der Waals surface area (Å²) in [6.45, 7) is 0.852. The molecule has 166 valence electrons. The van der Waals surface area contributed by atoms with Gasteiger partial charge in [-0.1, -0.05) is 6.07 Å². The zero-order chi connectivity index (χ0) is 23.3. The van der Waals surface area contributed by atoms with Crippen LogP contribution in [-0.2, 0) is 14.4 Å².